The van der Waals surface area contributed by atoms with Gasteiger partial charge in [0.15, 0.2) is 0 Å². The molecule has 2 heterocycles. The Morgan fingerprint density at radius 3 is 2.77 bits per heavy atom. The summed E-state index contributed by atoms with van der Waals surface area (Å²) in [6.45, 7) is 4.06. The van der Waals surface area contributed by atoms with Crippen molar-refractivity contribution in [2.45, 2.75) is 17.9 Å². The van der Waals surface area contributed by atoms with Crippen molar-refractivity contribution in [3.8, 4) is 0 Å². The van der Waals surface area contributed by atoms with Crippen LogP contribution in [0, 0.1) is 0 Å². The second kappa shape index (κ2) is 6.10. The van der Waals surface area contributed by atoms with Gasteiger partial charge in [0, 0.05) is 17.6 Å². The number of benzene rings is 1. The molecule has 1 unspecified atom stereocenters. The number of carbonyl (C=O) groups is 1. The number of hydrogen-bond acceptors (Lipinski definition) is 5. The van der Waals surface area contributed by atoms with Gasteiger partial charge >= 0.3 is 0 Å². The molecule has 2 aliphatic rings. The summed E-state index contributed by atoms with van der Waals surface area (Å²) in [4.78, 5) is 14.6. The van der Waals surface area contributed by atoms with Gasteiger partial charge in [-0.25, -0.2) is 0 Å². The third-order valence-corrected chi connectivity index (χ3v) is 6.69. The summed E-state index contributed by atoms with van der Waals surface area (Å²) in [5.41, 5.74) is 0.851. The van der Waals surface area contributed by atoms with Crippen molar-refractivity contribution in [3.63, 3.8) is 0 Å². The van der Waals surface area contributed by atoms with Gasteiger partial charge in [0.05, 0.1) is 30.7 Å². The van der Waals surface area contributed by atoms with E-state index < -0.39 is 10.8 Å². The highest BCUT2D eigenvalue weighted by Crippen LogP contribution is 2.63. The van der Waals surface area contributed by atoms with Crippen molar-refractivity contribution in [3.05, 3.63) is 28.2 Å². The van der Waals surface area contributed by atoms with Crippen LogP contribution in [-0.2, 0) is 9.53 Å². The smallest absolute Gasteiger partial charge is 0.238 e. The van der Waals surface area contributed by atoms with Gasteiger partial charge in [0.1, 0.15) is 0 Å². The normalized spacial score (nSPS) is 25.8. The van der Waals surface area contributed by atoms with Crippen LogP contribution in [0.1, 0.15) is 18.5 Å². The maximum atomic E-state index is 12.4. The number of ether oxygens (including phenoxy) is 1. The molecule has 1 atom stereocenters. The molecule has 0 saturated carbocycles. The minimum atomic E-state index is -3.11. The Labute approximate surface area is 139 Å². The first-order valence-corrected chi connectivity index (χ1v) is 9.41. The molecule has 2 N–H and O–H groups in total. The van der Waals surface area contributed by atoms with Crippen molar-refractivity contribution in [1.82, 2.24) is 9.21 Å². The Balaban J connectivity index is 1.81. The summed E-state index contributed by atoms with van der Waals surface area (Å²) in [6, 6.07) is 5.16. The molecular weight excluding hydrogens is 372 g/mol. The first-order chi connectivity index (χ1) is 10.4. The predicted molar refractivity (Wildman–Crippen MR) is 87.8 cm³/mol. The lowest BCUT2D eigenvalue weighted by Gasteiger charge is -2.40. The maximum Gasteiger partial charge on any atom is 0.238 e. The summed E-state index contributed by atoms with van der Waals surface area (Å²) in [5.74, 6) is -0.0954. The van der Waals surface area contributed by atoms with E-state index in [2.05, 4.69) is 15.9 Å². The molecule has 1 saturated heterocycles. The third-order valence-electron chi connectivity index (χ3n) is 4.13. The standard InChI is InChI=1S/C14H19BrN2O4S/c1-10-12-8-11(15)2-3-13(12)22(19,20)17(10)9-14(18)16-4-6-21-7-5-16/h2-3,8,10,19-20H,4-7,9H2,1H3. The Bertz CT molecular complexity index is 592. The largest absolute Gasteiger partial charge is 0.378 e. The van der Waals surface area contributed by atoms with Crippen LogP contribution in [0.15, 0.2) is 27.6 Å². The van der Waals surface area contributed by atoms with Crippen LogP contribution in [-0.4, -0.2) is 57.1 Å². The molecule has 0 aliphatic carbocycles. The minimum Gasteiger partial charge on any atom is -0.378 e. The number of amides is 1. The van der Waals surface area contributed by atoms with Crippen molar-refractivity contribution < 1.29 is 18.6 Å². The topological polar surface area (TPSA) is 73.2 Å². The van der Waals surface area contributed by atoms with Crippen molar-refractivity contribution >= 4 is 32.6 Å². The molecule has 0 spiro atoms. The average molecular weight is 391 g/mol. The fraction of sp³-hybridized carbons (Fsp3) is 0.500. The Kier molecular flexibility index (Phi) is 4.50. The number of nitrogens with zero attached hydrogens (tertiary/aromatic N) is 2. The predicted octanol–water partition coefficient (Wildman–Crippen LogP) is 2.71. The van der Waals surface area contributed by atoms with Crippen LogP contribution in [0.25, 0.3) is 0 Å². The van der Waals surface area contributed by atoms with Crippen LogP contribution in [0.3, 0.4) is 0 Å². The molecule has 22 heavy (non-hydrogen) atoms. The van der Waals surface area contributed by atoms with E-state index >= 15 is 0 Å². The van der Waals surface area contributed by atoms with Gasteiger partial charge in [-0.05, 0) is 30.7 Å². The molecule has 122 valence electrons. The number of hydrogen-bond donors (Lipinski definition) is 2. The summed E-state index contributed by atoms with van der Waals surface area (Å²) in [5, 5.41) is 0. The molecule has 1 fully saturated rings. The highest BCUT2D eigenvalue weighted by atomic mass is 79.9. The lowest BCUT2D eigenvalue weighted by molar-refractivity contribution is -0.135. The van der Waals surface area contributed by atoms with E-state index in [1.165, 1.54) is 4.31 Å². The zero-order valence-corrected chi connectivity index (χ0v) is 14.6. The minimum absolute atomic E-state index is 0.00417. The van der Waals surface area contributed by atoms with E-state index in [9.17, 15) is 13.9 Å². The first-order valence-electron chi connectivity index (χ1n) is 7.11. The molecule has 0 bridgehead atoms. The van der Waals surface area contributed by atoms with Gasteiger partial charge in [-0.2, -0.15) is 4.31 Å². The van der Waals surface area contributed by atoms with E-state index in [0.717, 1.165) is 10.0 Å². The number of carbonyl (C=O) groups excluding carboxylic acids is 1. The molecule has 1 aromatic carbocycles. The lowest BCUT2D eigenvalue weighted by Crippen LogP contribution is -2.45. The van der Waals surface area contributed by atoms with Gasteiger partial charge in [-0.1, -0.05) is 15.9 Å². The summed E-state index contributed by atoms with van der Waals surface area (Å²) < 4.78 is 28.8. The van der Waals surface area contributed by atoms with Gasteiger partial charge < -0.3 is 9.64 Å². The van der Waals surface area contributed by atoms with Crippen molar-refractivity contribution in [1.29, 1.82) is 0 Å². The number of morpholine rings is 1. The number of rotatable bonds is 2. The highest BCUT2D eigenvalue weighted by Gasteiger charge is 2.42. The van der Waals surface area contributed by atoms with E-state index in [1.807, 2.05) is 13.0 Å². The molecule has 0 aromatic heterocycles. The molecule has 1 aromatic rings. The van der Waals surface area contributed by atoms with Gasteiger partial charge in [0.2, 0.25) is 5.91 Å². The zero-order valence-electron chi connectivity index (χ0n) is 12.2. The van der Waals surface area contributed by atoms with E-state index in [0.29, 0.717) is 31.2 Å². The highest BCUT2D eigenvalue weighted by molar-refractivity contribution is 9.10. The number of halogens is 1. The fourth-order valence-corrected chi connectivity index (χ4v) is 5.14. The first kappa shape index (κ1) is 16.2. The van der Waals surface area contributed by atoms with Crippen LogP contribution < -0.4 is 0 Å². The monoisotopic (exact) mass is 390 g/mol. The molecule has 3 rings (SSSR count). The molecule has 1 amide bonds. The Morgan fingerprint density at radius 1 is 1.41 bits per heavy atom. The van der Waals surface area contributed by atoms with Crippen LogP contribution in [0.2, 0.25) is 0 Å². The molecule has 8 heteroatoms. The van der Waals surface area contributed by atoms with E-state index in [4.69, 9.17) is 4.74 Å². The quantitative estimate of drug-likeness (QED) is 0.811. The van der Waals surface area contributed by atoms with Gasteiger partial charge in [-0.3, -0.25) is 13.9 Å². The van der Waals surface area contributed by atoms with Gasteiger partial charge in [-0.15, -0.1) is 10.8 Å². The van der Waals surface area contributed by atoms with Crippen molar-refractivity contribution in [2.24, 2.45) is 0 Å². The van der Waals surface area contributed by atoms with Gasteiger partial charge in [0.25, 0.3) is 0 Å². The Morgan fingerprint density at radius 2 is 2.09 bits per heavy atom. The Hall–Kier alpha value is -0.640. The third kappa shape index (κ3) is 2.79. The maximum absolute atomic E-state index is 12.4. The van der Waals surface area contributed by atoms with Crippen LogP contribution >= 0.6 is 26.7 Å². The second-order valence-electron chi connectivity index (χ2n) is 5.45. The summed E-state index contributed by atoms with van der Waals surface area (Å²) in [6.07, 6.45) is 0. The number of fused-ring (bicyclic) bond motifs is 1. The zero-order chi connectivity index (χ0) is 15.9. The SMILES string of the molecule is CC1c2cc(Br)ccc2S(O)(O)N1CC(=O)N1CCOCC1. The van der Waals surface area contributed by atoms with Crippen LogP contribution in [0.5, 0.6) is 0 Å². The summed E-state index contributed by atoms with van der Waals surface area (Å²) >= 11 is 3.40. The summed E-state index contributed by atoms with van der Waals surface area (Å²) in [7, 11) is -3.11. The second-order valence-corrected chi connectivity index (χ2v) is 8.31. The molecule has 0 radical (unpaired) electrons. The van der Waals surface area contributed by atoms with E-state index in [1.54, 1.807) is 17.0 Å². The van der Waals surface area contributed by atoms with Crippen molar-refractivity contribution in [2.75, 3.05) is 32.8 Å². The average Bonchev–Trinajstić information content (AvgIpc) is 2.68. The lowest BCUT2D eigenvalue weighted by atomic mass is 10.1. The fourth-order valence-electron chi connectivity index (χ4n) is 2.87. The molecule has 2 aliphatic heterocycles. The molecular formula is C14H19BrN2O4S. The molecule has 6 nitrogen and oxygen atoms in total. The van der Waals surface area contributed by atoms with E-state index in [-0.39, 0.29) is 18.5 Å². The van der Waals surface area contributed by atoms with Crippen LogP contribution in [0.4, 0.5) is 0 Å².